The first kappa shape index (κ1) is 14.5. The van der Waals surface area contributed by atoms with Crippen molar-refractivity contribution in [1.29, 1.82) is 0 Å². The molecule has 0 bridgehead atoms. The molecule has 3 heteroatoms. The van der Waals surface area contributed by atoms with Crippen molar-refractivity contribution in [3.05, 3.63) is 42.1 Å². The molecular formula is C18H25N3. The van der Waals surface area contributed by atoms with E-state index >= 15 is 0 Å². The second kappa shape index (κ2) is 6.54. The van der Waals surface area contributed by atoms with Gasteiger partial charge in [0.1, 0.15) is 0 Å². The highest BCUT2D eigenvalue weighted by Crippen LogP contribution is 2.23. The molecule has 0 radical (unpaired) electrons. The quantitative estimate of drug-likeness (QED) is 0.935. The van der Waals surface area contributed by atoms with Gasteiger partial charge in [0, 0.05) is 30.7 Å². The lowest BCUT2D eigenvalue weighted by Crippen LogP contribution is -2.43. The number of pyridine rings is 1. The Morgan fingerprint density at radius 1 is 1.33 bits per heavy atom. The largest absolute Gasteiger partial charge is 0.317 e. The maximum absolute atomic E-state index is 4.58. The molecular weight excluding hydrogens is 258 g/mol. The number of benzene rings is 1. The lowest BCUT2D eigenvalue weighted by molar-refractivity contribution is 0.147. The number of hydrogen-bond donors (Lipinski definition) is 1. The number of nitrogens with one attached hydrogen (secondary N) is 1. The Morgan fingerprint density at radius 2 is 2.19 bits per heavy atom. The fourth-order valence-corrected chi connectivity index (χ4v) is 3.41. The van der Waals surface area contributed by atoms with E-state index in [4.69, 9.17) is 0 Å². The molecule has 112 valence electrons. The molecule has 21 heavy (non-hydrogen) atoms. The van der Waals surface area contributed by atoms with Crippen LogP contribution >= 0.6 is 0 Å². The summed E-state index contributed by atoms with van der Waals surface area (Å²) in [6, 6.07) is 11.3. The van der Waals surface area contributed by atoms with E-state index in [9.17, 15) is 0 Å². The molecule has 1 aliphatic heterocycles. The third-order valence-electron chi connectivity index (χ3n) is 4.81. The summed E-state index contributed by atoms with van der Waals surface area (Å²) in [5, 5.41) is 4.65. The third-order valence-corrected chi connectivity index (χ3v) is 4.81. The standard InChI is InChI=1S/C18H25N3/c1-14(19-2)16-9-5-11-21(12-16)13-17-7-3-6-15-8-4-10-20-18(15)17/h3-4,6-8,10,14,16,19H,5,9,11-13H2,1-2H3. The summed E-state index contributed by atoms with van der Waals surface area (Å²) in [5.41, 5.74) is 2.51. The maximum atomic E-state index is 4.58. The Morgan fingerprint density at radius 3 is 3.05 bits per heavy atom. The molecule has 1 fully saturated rings. The maximum Gasteiger partial charge on any atom is 0.0746 e. The van der Waals surface area contributed by atoms with Gasteiger partial charge in [0.25, 0.3) is 0 Å². The van der Waals surface area contributed by atoms with Crippen molar-refractivity contribution in [2.45, 2.75) is 32.4 Å². The summed E-state index contributed by atoms with van der Waals surface area (Å²) in [5.74, 6) is 0.756. The number of rotatable bonds is 4. The fourth-order valence-electron chi connectivity index (χ4n) is 3.41. The minimum Gasteiger partial charge on any atom is -0.317 e. The van der Waals surface area contributed by atoms with Crippen molar-refractivity contribution in [3.8, 4) is 0 Å². The van der Waals surface area contributed by atoms with Gasteiger partial charge in [0.15, 0.2) is 0 Å². The minimum atomic E-state index is 0.596. The van der Waals surface area contributed by atoms with Crippen LogP contribution in [0.2, 0.25) is 0 Å². The van der Waals surface area contributed by atoms with Gasteiger partial charge in [-0.05, 0) is 50.9 Å². The van der Waals surface area contributed by atoms with Crippen molar-refractivity contribution in [1.82, 2.24) is 15.2 Å². The van der Waals surface area contributed by atoms with Crippen LogP contribution in [0, 0.1) is 5.92 Å². The molecule has 2 heterocycles. The summed E-state index contributed by atoms with van der Waals surface area (Å²) in [6.07, 6.45) is 4.54. The van der Waals surface area contributed by atoms with Crippen molar-refractivity contribution in [2.24, 2.45) is 5.92 Å². The van der Waals surface area contributed by atoms with Gasteiger partial charge in [-0.3, -0.25) is 9.88 Å². The molecule has 0 spiro atoms. The van der Waals surface area contributed by atoms with Crippen LogP contribution in [0.15, 0.2) is 36.5 Å². The van der Waals surface area contributed by atoms with E-state index in [0.29, 0.717) is 6.04 Å². The lowest BCUT2D eigenvalue weighted by atomic mass is 9.91. The molecule has 1 saturated heterocycles. The topological polar surface area (TPSA) is 28.2 Å². The Kier molecular flexibility index (Phi) is 4.51. The molecule has 0 aliphatic carbocycles. The molecule has 2 aromatic rings. The Labute approximate surface area is 127 Å². The van der Waals surface area contributed by atoms with Gasteiger partial charge >= 0.3 is 0 Å². The average Bonchev–Trinajstić information content (AvgIpc) is 2.55. The van der Waals surface area contributed by atoms with Crippen molar-refractivity contribution < 1.29 is 0 Å². The number of fused-ring (bicyclic) bond motifs is 1. The van der Waals surface area contributed by atoms with E-state index in [0.717, 1.165) is 18.0 Å². The fraction of sp³-hybridized carbons (Fsp3) is 0.500. The van der Waals surface area contributed by atoms with Crippen molar-refractivity contribution >= 4 is 10.9 Å². The highest BCUT2D eigenvalue weighted by molar-refractivity contribution is 5.81. The van der Waals surface area contributed by atoms with Crippen LogP contribution in [-0.2, 0) is 6.54 Å². The van der Waals surface area contributed by atoms with Crippen molar-refractivity contribution in [2.75, 3.05) is 20.1 Å². The van der Waals surface area contributed by atoms with Crippen molar-refractivity contribution in [3.63, 3.8) is 0 Å². The van der Waals surface area contributed by atoms with Gasteiger partial charge in [-0.1, -0.05) is 24.3 Å². The molecule has 2 atom stereocenters. The summed E-state index contributed by atoms with van der Waals surface area (Å²) < 4.78 is 0. The Balaban J connectivity index is 1.76. The first-order valence-corrected chi connectivity index (χ1v) is 8.00. The first-order valence-electron chi connectivity index (χ1n) is 8.00. The van der Waals surface area contributed by atoms with Gasteiger partial charge in [-0.25, -0.2) is 0 Å². The molecule has 2 unspecified atom stereocenters. The summed E-state index contributed by atoms with van der Waals surface area (Å²) in [6.45, 7) is 5.70. The van der Waals surface area contributed by atoms with E-state index in [2.05, 4.69) is 53.4 Å². The predicted molar refractivity (Wildman–Crippen MR) is 88.3 cm³/mol. The molecule has 3 rings (SSSR count). The predicted octanol–water partition coefficient (Wildman–Crippen LogP) is 3.05. The van der Waals surface area contributed by atoms with Crippen LogP contribution in [0.3, 0.4) is 0 Å². The first-order chi connectivity index (χ1) is 10.3. The Hall–Kier alpha value is -1.45. The van der Waals surface area contributed by atoms with E-state index in [1.54, 1.807) is 0 Å². The number of para-hydroxylation sites is 1. The highest BCUT2D eigenvalue weighted by atomic mass is 15.1. The molecule has 3 nitrogen and oxygen atoms in total. The summed E-state index contributed by atoms with van der Waals surface area (Å²) in [7, 11) is 2.07. The SMILES string of the molecule is CNC(C)C1CCCN(Cc2cccc3cccnc23)C1. The van der Waals surface area contributed by atoms with Gasteiger partial charge in [-0.2, -0.15) is 0 Å². The lowest BCUT2D eigenvalue weighted by Gasteiger charge is -2.35. The zero-order valence-electron chi connectivity index (χ0n) is 13.0. The third kappa shape index (κ3) is 3.25. The van der Waals surface area contributed by atoms with Crippen LogP contribution in [0.5, 0.6) is 0 Å². The van der Waals surface area contributed by atoms with Crippen LogP contribution in [0.25, 0.3) is 10.9 Å². The molecule has 0 amide bonds. The van der Waals surface area contributed by atoms with Crippen LogP contribution in [0.4, 0.5) is 0 Å². The normalized spacial score (nSPS) is 21.5. The van der Waals surface area contributed by atoms with Crippen LogP contribution in [0.1, 0.15) is 25.3 Å². The zero-order valence-corrected chi connectivity index (χ0v) is 13.0. The van der Waals surface area contributed by atoms with E-state index in [1.807, 2.05) is 12.3 Å². The second-order valence-corrected chi connectivity index (χ2v) is 6.21. The summed E-state index contributed by atoms with van der Waals surface area (Å²) in [4.78, 5) is 7.17. The van der Waals surface area contributed by atoms with Gasteiger partial charge in [0.05, 0.1) is 5.52 Å². The second-order valence-electron chi connectivity index (χ2n) is 6.21. The molecule has 0 saturated carbocycles. The van der Waals surface area contributed by atoms with Gasteiger partial charge < -0.3 is 5.32 Å². The summed E-state index contributed by atoms with van der Waals surface area (Å²) >= 11 is 0. The van der Waals surface area contributed by atoms with Gasteiger partial charge in [0.2, 0.25) is 0 Å². The van der Waals surface area contributed by atoms with E-state index < -0.39 is 0 Å². The monoisotopic (exact) mass is 283 g/mol. The molecule has 1 aromatic carbocycles. The zero-order chi connectivity index (χ0) is 14.7. The number of likely N-dealkylation sites (tertiary alicyclic amines) is 1. The van der Waals surface area contributed by atoms with Crippen LogP contribution < -0.4 is 5.32 Å². The molecule has 1 N–H and O–H groups in total. The average molecular weight is 283 g/mol. The van der Waals surface area contributed by atoms with E-state index in [1.165, 1.54) is 36.9 Å². The smallest absolute Gasteiger partial charge is 0.0746 e. The van der Waals surface area contributed by atoms with E-state index in [-0.39, 0.29) is 0 Å². The number of hydrogen-bond acceptors (Lipinski definition) is 3. The molecule has 1 aromatic heterocycles. The van der Waals surface area contributed by atoms with Gasteiger partial charge in [-0.15, -0.1) is 0 Å². The number of piperidine rings is 1. The number of nitrogens with zero attached hydrogens (tertiary/aromatic N) is 2. The number of aromatic nitrogens is 1. The molecule has 1 aliphatic rings. The Bertz CT molecular complexity index is 591. The van der Waals surface area contributed by atoms with Crippen LogP contribution in [-0.4, -0.2) is 36.1 Å². The highest BCUT2D eigenvalue weighted by Gasteiger charge is 2.24. The minimum absolute atomic E-state index is 0.596.